The molecule has 1 atom stereocenters. The third-order valence-corrected chi connectivity index (χ3v) is 3.23. The monoisotopic (exact) mass is 263 g/mol. The normalized spacial score (nSPS) is 18.1. The summed E-state index contributed by atoms with van der Waals surface area (Å²) < 4.78 is 11.3. The second kappa shape index (κ2) is 6.04. The molecular weight excluding hydrogens is 238 g/mol. The van der Waals surface area contributed by atoms with Crippen LogP contribution in [0.5, 0.6) is 0 Å². The lowest BCUT2D eigenvalue weighted by Crippen LogP contribution is -2.42. The van der Waals surface area contributed by atoms with E-state index in [1.807, 2.05) is 0 Å². The number of rotatable bonds is 5. The summed E-state index contributed by atoms with van der Waals surface area (Å²) in [5.74, 6) is 0. The van der Waals surface area contributed by atoms with Crippen LogP contribution < -0.4 is 5.32 Å². The minimum absolute atomic E-state index is 0.0914. The van der Waals surface area contributed by atoms with Crippen molar-refractivity contribution in [2.24, 2.45) is 0 Å². The maximum atomic E-state index is 6.12. The van der Waals surface area contributed by atoms with Gasteiger partial charge in [-0.1, -0.05) is 29.8 Å². The molecule has 0 saturated carbocycles. The maximum absolute atomic E-state index is 6.12. The van der Waals surface area contributed by atoms with Crippen molar-refractivity contribution in [2.75, 3.05) is 19.8 Å². The van der Waals surface area contributed by atoms with Gasteiger partial charge in [0.15, 0.2) is 0 Å². The average Bonchev–Trinajstić information content (AvgIpc) is 2.27. The lowest BCUT2D eigenvalue weighted by molar-refractivity contribution is -0.155. The first-order chi connectivity index (χ1) is 8.94. The van der Waals surface area contributed by atoms with Gasteiger partial charge >= 0.3 is 0 Å². The summed E-state index contributed by atoms with van der Waals surface area (Å²) in [6, 6.07) is 8.59. The molecule has 2 rings (SSSR count). The largest absolute Gasteiger partial charge is 0.376 e. The number of hydrogen-bond acceptors (Lipinski definition) is 3. The van der Waals surface area contributed by atoms with Gasteiger partial charge in [0, 0.05) is 12.1 Å². The highest BCUT2D eigenvalue weighted by Gasteiger charge is 2.25. The van der Waals surface area contributed by atoms with Crippen molar-refractivity contribution >= 4 is 0 Å². The molecule has 0 aromatic heterocycles. The molecule has 0 aliphatic carbocycles. The molecule has 0 bridgehead atoms. The summed E-state index contributed by atoms with van der Waals surface area (Å²) in [5, 5.41) is 3.52. The molecule has 0 spiro atoms. The quantitative estimate of drug-likeness (QED) is 0.886. The minimum Gasteiger partial charge on any atom is -0.376 e. The number of hydrogen-bond donors (Lipinski definition) is 1. The van der Waals surface area contributed by atoms with Gasteiger partial charge in [0.2, 0.25) is 0 Å². The van der Waals surface area contributed by atoms with Gasteiger partial charge in [-0.3, -0.25) is 0 Å². The van der Waals surface area contributed by atoms with E-state index >= 15 is 0 Å². The highest BCUT2D eigenvalue weighted by atomic mass is 16.6. The fourth-order valence-electron chi connectivity index (χ4n) is 1.95. The lowest BCUT2D eigenvalue weighted by atomic mass is 10.0. The van der Waals surface area contributed by atoms with Crippen LogP contribution in [0.4, 0.5) is 0 Å². The van der Waals surface area contributed by atoms with Crippen molar-refractivity contribution in [3.63, 3.8) is 0 Å². The molecule has 0 amide bonds. The minimum atomic E-state index is 0.0914. The van der Waals surface area contributed by atoms with Crippen LogP contribution >= 0.6 is 0 Å². The van der Waals surface area contributed by atoms with Crippen molar-refractivity contribution in [1.29, 1.82) is 0 Å². The van der Waals surface area contributed by atoms with Crippen LogP contribution in [0.15, 0.2) is 24.3 Å². The Morgan fingerprint density at radius 1 is 1.26 bits per heavy atom. The zero-order valence-electron chi connectivity index (χ0n) is 12.4. The molecule has 1 aromatic carbocycles. The van der Waals surface area contributed by atoms with Crippen molar-refractivity contribution in [3.8, 4) is 0 Å². The highest BCUT2D eigenvalue weighted by molar-refractivity contribution is 5.23. The van der Waals surface area contributed by atoms with Gasteiger partial charge in [-0.05, 0) is 33.3 Å². The second-order valence-electron chi connectivity index (χ2n) is 6.33. The first-order valence-electron chi connectivity index (χ1n) is 6.99. The van der Waals surface area contributed by atoms with Crippen LogP contribution in [0.2, 0.25) is 0 Å². The van der Waals surface area contributed by atoms with Gasteiger partial charge in [0.1, 0.15) is 6.10 Å². The average molecular weight is 263 g/mol. The van der Waals surface area contributed by atoms with Gasteiger partial charge < -0.3 is 14.8 Å². The van der Waals surface area contributed by atoms with E-state index in [0.717, 1.165) is 19.8 Å². The Balaban J connectivity index is 2.01. The Kier molecular flexibility index (Phi) is 4.61. The first kappa shape index (κ1) is 14.5. The molecule has 3 heteroatoms. The maximum Gasteiger partial charge on any atom is 0.105 e. The Hall–Kier alpha value is -0.900. The van der Waals surface area contributed by atoms with Crippen LogP contribution in [0.25, 0.3) is 0 Å². The summed E-state index contributed by atoms with van der Waals surface area (Å²) >= 11 is 0. The molecule has 1 unspecified atom stereocenters. The molecule has 1 aromatic rings. The predicted octanol–water partition coefficient (Wildman–Crippen LogP) is 2.84. The van der Waals surface area contributed by atoms with Crippen LogP contribution in [0.1, 0.15) is 38.0 Å². The molecule has 1 aliphatic rings. The summed E-state index contributed by atoms with van der Waals surface area (Å²) in [6.07, 6.45) is 0.335. The molecule has 1 saturated heterocycles. The fourth-order valence-corrected chi connectivity index (χ4v) is 1.95. The van der Waals surface area contributed by atoms with Crippen molar-refractivity contribution in [2.45, 2.75) is 45.4 Å². The Labute approximate surface area is 116 Å². The van der Waals surface area contributed by atoms with Gasteiger partial charge in [-0.2, -0.15) is 0 Å². The smallest absolute Gasteiger partial charge is 0.105 e. The molecule has 106 valence electrons. The van der Waals surface area contributed by atoms with Crippen molar-refractivity contribution < 1.29 is 9.47 Å². The summed E-state index contributed by atoms with van der Waals surface area (Å²) in [4.78, 5) is 0. The highest BCUT2D eigenvalue weighted by Crippen LogP contribution is 2.22. The molecule has 1 heterocycles. The SMILES string of the molecule is Cc1ccc(C(CNC(C)(C)C)OC2COC2)cc1. The summed E-state index contributed by atoms with van der Waals surface area (Å²) in [7, 11) is 0. The van der Waals surface area contributed by atoms with E-state index in [1.165, 1.54) is 11.1 Å². The molecule has 1 fully saturated rings. The van der Waals surface area contributed by atoms with Gasteiger partial charge in [0.05, 0.1) is 19.3 Å². The van der Waals surface area contributed by atoms with Gasteiger partial charge in [-0.25, -0.2) is 0 Å². The van der Waals surface area contributed by atoms with Crippen molar-refractivity contribution in [3.05, 3.63) is 35.4 Å². The van der Waals surface area contributed by atoms with E-state index in [9.17, 15) is 0 Å². The zero-order valence-corrected chi connectivity index (χ0v) is 12.4. The van der Waals surface area contributed by atoms with E-state index in [2.05, 4.69) is 57.3 Å². The van der Waals surface area contributed by atoms with Crippen LogP contribution in [0, 0.1) is 6.92 Å². The number of nitrogens with one attached hydrogen (secondary N) is 1. The first-order valence-corrected chi connectivity index (χ1v) is 6.99. The summed E-state index contributed by atoms with van der Waals surface area (Å²) in [5.41, 5.74) is 2.61. The lowest BCUT2D eigenvalue weighted by Gasteiger charge is -2.32. The molecule has 0 radical (unpaired) electrons. The molecule has 1 aliphatic heterocycles. The van der Waals surface area contributed by atoms with E-state index in [1.54, 1.807) is 0 Å². The van der Waals surface area contributed by atoms with E-state index < -0.39 is 0 Å². The topological polar surface area (TPSA) is 30.5 Å². The van der Waals surface area contributed by atoms with Crippen LogP contribution in [-0.4, -0.2) is 31.4 Å². The van der Waals surface area contributed by atoms with E-state index in [0.29, 0.717) is 0 Å². The molecular formula is C16H25NO2. The van der Waals surface area contributed by atoms with Crippen LogP contribution in [-0.2, 0) is 9.47 Å². The number of aryl methyl sites for hydroxylation is 1. The second-order valence-corrected chi connectivity index (χ2v) is 6.33. The third-order valence-electron chi connectivity index (χ3n) is 3.23. The molecule has 3 nitrogen and oxygen atoms in total. The standard InChI is InChI=1S/C16H25NO2/c1-12-5-7-13(8-6-12)15(9-17-16(2,3)4)19-14-10-18-11-14/h5-8,14-15,17H,9-11H2,1-4H3. The summed E-state index contributed by atoms with van der Waals surface area (Å²) in [6.45, 7) is 10.9. The van der Waals surface area contributed by atoms with E-state index in [4.69, 9.17) is 9.47 Å². The third kappa shape index (κ3) is 4.60. The molecule has 19 heavy (non-hydrogen) atoms. The Morgan fingerprint density at radius 2 is 1.89 bits per heavy atom. The molecule has 1 N–H and O–H groups in total. The Bertz CT molecular complexity index is 390. The number of benzene rings is 1. The Morgan fingerprint density at radius 3 is 2.37 bits per heavy atom. The van der Waals surface area contributed by atoms with Crippen LogP contribution in [0.3, 0.4) is 0 Å². The zero-order chi connectivity index (χ0) is 13.9. The predicted molar refractivity (Wildman–Crippen MR) is 77.4 cm³/mol. The fraction of sp³-hybridized carbons (Fsp3) is 0.625. The number of ether oxygens (including phenoxy) is 2. The van der Waals surface area contributed by atoms with Crippen molar-refractivity contribution in [1.82, 2.24) is 5.32 Å². The van der Waals surface area contributed by atoms with Gasteiger partial charge in [-0.15, -0.1) is 0 Å². The van der Waals surface area contributed by atoms with E-state index in [-0.39, 0.29) is 17.7 Å². The van der Waals surface area contributed by atoms with Gasteiger partial charge in [0.25, 0.3) is 0 Å².